The van der Waals surface area contributed by atoms with E-state index in [0.29, 0.717) is 10.8 Å². The van der Waals surface area contributed by atoms with Crippen LogP contribution in [0.25, 0.3) is 0 Å². The third kappa shape index (κ3) is 4.96. The van der Waals surface area contributed by atoms with E-state index in [9.17, 15) is 8.42 Å². The third-order valence-electron chi connectivity index (χ3n) is 3.17. The molecule has 1 rings (SSSR count). The van der Waals surface area contributed by atoms with Gasteiger partial charge in [-0.05, 0) is 56.7 Å². The number of aryl methyl sites for hydroxylation is 2. The summed E-state index contributed by atoms with van der Waals surface area (Å²) < 4.78 is 27.5. The van der Waals surface area contributed by atoms with E-state index in [-0.39, 0.29) is 6.04 Å². The smallest absolute Gasteiger partial charge is 0.208 e. The molecule has 0 spiro atoms. The SMILES string of the molecule is Cc1ccc(C)c(S(=O)(=O)NC(C)CCC(C)C)c1. The molecule has 0 saturated carbocycles. The average molecular weight is 283 g/mol. The summed E-state index contributed by atoms with van der Waals surface area (Å²) in [4.78, 5) is 0.392. The molecule has 3 nitrogen and oxygen atoms in total. The Morgan fingerprint density at radius 2 is 1.74 bits per heavy atom. The number of sulfonamides is 1. The molecule has 0 aliphatic carbocycles. The van der Waals surface area contributed by atoms with Crippen molar-refractivity contribution in [2.24, 2.45) is 5.92 Å². The van der Waals surface area contributed by atoms with Crippen molar-refractivity contribution >= 4 is 10.0 Å². The molecule has 0 radical (unpaired) electrons. The fourth-order valence-electron chi connectivity index (χ4n) is 1.97. The molecule has 0 heterocycles. The van der Waals surface area contributed by atoms with Crippen LogP contribution in [0, 0.1) is 19.8 Å². The minimum absolute atomic E-state index is 0.0349. The van der Waals surface area contributed by atoms with E-state index in [1.807, 2.05) is 32.9 Å². The van der Waals surface area contributed by atoms with Crippen molar-refractivity contribution in [3.63, 3.8) is 0 Å². The maximum atomic E-state index is 12.3. The van der Waals surface area contributed by atoms with Gasteiger partial charge in [0.25, 0.3) is 0 Å². The Morgan fingerprint density at radius 3 is 2.32 bits per heavy atom. The molecule has 1 aromatic carbocycles. The van der Waals surface area contributed by atoms with Crippen molar-refractivity contribution < 1.29 is 8.42 Å². The van der Waals surface area contributed by atoms with Gasteiger partial charge in [0.1, 0.15) is 0 Å². The highest BCUT2D eigenvalue weighted by atomic mass is 32.2. The fraction of sp³-hybridized carbons (Fsp3) is 0.600. The van der Waals surface area contributed by atoms with Gasteiger partial charge in [-0.2, -0.15) is 0 Å². The maximum absolute atomic E-state index is 12.3. The molecule has 108 valence electrons. The van der Waals surface area contributed by atoms with Gasteiger partial charge < -0.3 is 0 Å². The van der Waals surface area contributed by atoms with Crippen LogP contribution < -0.4 is 4.72 Å². The number of rotatable bonds is 6. The zero-order valence-electron chi connectivity index (χ0n) is 12.5. The highest BCUT2D eigenvalue weighted by Gasteiger charge is 2.19. The van der Waals surface area contributed by atoms with Crippen LogP contribution in [0.1, 0.15) is 44.7 Å². The molecule has 0 aromatic heterocycles. The first kappa shape index (κ1) is 16.2. The van der Waals surface area contributed by atoms with Gasteiger partial charge in [0.2, 0.25) is 10.0 Å². The number of hydrogen-bond donors (Lipinski definition) is 1. The fourth-order valence-corrected chi connectivity index (χ4v) is 3.57. The predicted molar refractivity (Wildman–Crippen MR) is 79.8 cm³/mol. The normalized spacial score (nSPS) is 13.8. The van der Waals surface area contributed by atoms with Crippen LogP contribution in [0.3, 0.4) is 0 Å². The Labute approximate surface area is 117 Å². The third-order valence-corrected chi connectivity index (χ3v) is 4.90. The van der Waals surface area contributed by atoms with Crippen molar-refractivity contribution in [3.8, 4) is 0 Å². The molecular weight excluding hydrogens is 258 g/mol. The molecular formula is C15H25NO2S. The molecule has 19 heavy (non-hydrogen) atoms. The quantitative estimate of drug-likeness (QED) is 0.869. The Morgan fingerprint density at radius 1 is 1.11 bits per heavy atom. The maximum Gasteiger partial charge on any atom is 0.241 e. The Bertz CT molecular complexity index is 521. The van der Waals surface area contributed by atoms with Crippen molar-refractivity contribution in [2.45, 2.75) is 58.4 Å². The molecule has 0 saturated heterocycles. The van der Waals surface area contributed by atoms with Gasteiger partial charge in [-0.3, -0.25) is 0 Å². The van der Waals surface area contributed by atoms with Crippen LogP contribution in [0.5, 0.6) is 0 Å². The van der Waals surface area contributed by atoms with Gasteiger partial charge in [0, 0.05) is 6.04 Å². The zero-order chi connectivity index (χ0) is 14.6. The standard InChI is InChI=1S/C15H25NO2S/c1-11(2)6-9-14(5)16-19(17,18)15-10-12(3)7-8-13(15)4/h7-8,10-11,14,16H,6,9H2,1-5H3. The van der Waals surface area contributed by atoms with E-state index < -0.39 is 10.0 Å². The summed E-state index contributed by atoms with van der Waals surface area (Å²) in [5, 5.41) is 0. The van der Waals surface area contributed by atoms with Crippen molar-refractivity contribution in [1.82, 2.24) is 4.72 Å². The second kappa shape index (κ2) is 6.53. The molecule has 4 heteroatoms. The summed E-state index contributed by atoms with van der Waals surface area (Å²) in [6.07, 6.45) is 1.89. The van der Waals surface area contributed by atoms with Crippen molar-refractivity contribution in [2.75, 3.05) is 0 Å². The first-order valence-corrected chi connectivity index (χ1v) is 8.30. The minimum Gasteiger partial charge on any atom is -0.208 e. The second-order valence-electron chi connectivity index (χ2n) is 5.76. The van der Waals surface area contributed by atoms with E-state index in [2.05, 4.69) is 18.6 Å². The summed E-state index contributed by atoms with van der Waals surface area (Å²) in [6, 6.07) is 5.47. The molecule has 0 bridgehead atoms. The van der Waals surface area contributed by atoms with Crippen LogP contribution >= 0.6 is 0 Å². The molecule has 0 aliphatic rings. The van der Waals surface area contributed by atoms with E-state index in [1.54, 1.807) is 6.07 Å². The predicted octanol–water partition coefficient (Wildman–Crippen LogP) is 3.41. The lowest BCUT2D eigenvalue weighted by molar-refractivity contribution is 0.485. The Hall–Kier alpha value is -0.870. The number of benzene rings is 1. The summed E-state index contributed by atoms with van der Waals surface area (Å²) in [6.45, 7) is 9.94. The van der Waals surface area contributed by atoms with Crippen LogP contribution in [0.2, 0.25) is 0 Å². The van der Waals surface area contributed by atoms with Crippen molar-refractivity contribution in [3.05, 3.63) is 29.3 Å². The van der Waals surface area contributed by atoms with E-state index >= 15 is 0 Å². The zero-order valence-corrected chi connectivity index (χ0v) is 13.3. The number of hydrogen-bond acceptors (Lipinski definition) is 2. The molecule has 1 N–H and O–H groups in total. The summed E-state index contributed by atoms with van der Waals surface area (Å²) in [5.41, 5.74) is 1.75. The van der Waals surface area contributed by atoms with E-state index in [4.69, 9.17) is 0 Å². The van der Waals surface area contributed by atoms with Crippen LogP contribution in [-0.2, 0) is 10.0 Å². The molecule has 0 amide bonds. The molecule has 1 unspecified atom stereocenters. The topological polar surface area (TPSA) is 46.2 Å². The first-order valence-electron chi connectivity index (χ1n) is 6.82. The van der Waals surface area contributed by atoms with Gasteiger partial charge in [0.05, 0.1) is 4.90 Å². The van der Waals surface area contributed by atoms with Crippen LogP contribution in [-0.4, -0.2) is 14.5 Å². The molecule has 0 fully saturated rings. The van der Waals surface area contributed by atoms with E-state index in [1.165, 1.54) is 0 Å². The van der Waals surface area contributed by atoms with Crippen LogP contribution in [0.15, 0.2) is 23.1 Å². The number of nitrogens with one attached hydrogen (secondary N) is 1. The lowest BCUT2D eigenvalue weighted by Gasteiger charge is -2.16. The van der Waals surface area contributed by atoms with E-state index in [0.717, 1.165) is 24.0 Å². The largest absolute Gasteiger partial charge is 0.241 e. The lowest BCUT2D eigenvalue weighted by Crippen LogP contribution is -2.33. The van der Waals surface area contributed by atoms with Gasteiger partial charge in [-0.15, -0.1) is 0 Å². The minimum atomic E-state index is -3.41. The monoisotopic (exact) mass is 283 g/mol. The van der Waals surface area contributed by atoms with Gasteiger partial charge in [-0.25, -0.2) is 13.1 Å². The lowest BCUT2D eigenvalue weighted by atomic mass is 10.1. The molecule has 1 atom stereocenters. The molecule has 0 aliphatic heterocycles. The van der Waals surface area contributed by atoms with Gasteiger partial charge in [0.15, 0.2) is 0 Å². The Balaban J connectivity index is 2.83. The Kier molecular flexibility index (Phi) is 5.56. The molecule has 1 aromatic rings. The van der Waals surface area contributed by atoms with Gasteiger partial charge in [-0.1, -0.05) is 26.0 Å². The first-order chi connectivity index (χ1) is 8.72. The highest BCUT2D eigenvalue weighted by Crippen LogP contribution is 2.18. The average Bonchev–Trinajstić information content (AvgIpc) is 2.29. The van der Waals surface area contributed by atoms with Gasteiger partial charge >= 0.3 is 0 Å². The van der Waals surface area contributed by atoms with Crippen LogP contribution in [0.4, 0.5) is 0 Å². The summed E-state index contributed by atoms with van der Waals surface area (Å²) in [7, 11) is -3.41. The second-order valence-corrected chi connectivity index (χ2v) is 7.44. The van der Waals surface area contributed by atoms with Crippen molar-refractivity contribution in [1.29, 1.82) is 0 Å². The summed E-state index contributed by atoms with van der Waals surface area (Å²) >= 11 is 0. The summed E-state index contributed by atoms with van der Waals surface area (Å²) in [5.74, 6) is 0.590. The highest BCUT2D eigenvalue weighted by molar-refractivity contribution is 7.89.